The standard InChI is InChI=1S/C18H13BrFNO3S/c1-24-15-7-4-12(8-14(15)19)9-16-17(22)21(18(23)25-16)10-11-2-5-13(20)6-3-11/h2-9H,10H2,1H3/b16-9-. The summed E-state index contributed by atoms with van der Waals surface area (Å²) < 4.78 is 18.9. The molecule has 1 heterocycles. The van der Waals surface area contributed by atoms with Crippen molar-refractivity contribution < 1.29 is 18.7 Å². The SMILES string of the molecule is COc1ccc(/C=C2\SC(=O)N(Cc3ccc(F)cc3)C2=O)cc1Br. The molecule has 0 aliphatic carbocycles. The van der Waals surface area contributed by atoms with E-state index in [4.69, 9.17) is 4.74 Å². The maximum Gasteiger partial charge on any atom is 0.293 e. The van der Waals surface area contributed by atoms with Crippen LogP contribution in [0.25, 0.3) is 6.08 Å². The van der Waals surface area contributed by atoms with E-state index < -0.39 is 0 Å². The van der Waals surface area contributed by atoms with Crippen LogP contribution in [-0.2, 0) is 11.3 Å². The Morgan fingerprint density at radius 2 is 1.92 bits per heavy atom. The van der Waals surface area contributed by atoms with Gasteiger partial charge in [0.05, 0.1) is 23.0 Å². The molecule has 4 nitrogen and oxygen atoms in total. The fraction of sp³-hybridized carbons (Fsp3) is 0.111. The molecule has 2 aromatic carbocycles. The Labute approximate surface area is 156 Å². The van der Waals surface area contributed by atoms with Crippen molar-refractivity contribution in [2.45, 2.75) is 6.54 Å². The molecule has 0 atom stereocenters. The van der Waals surface area contributed by atoms with Gasteiger partial charge in [-0.3, -0.25) is 14.5 Å². The molecule has 1 aliphatic heterocycles. The Hall–Kier alpha value is -2.12. The van der Waals surface area contributed by atoms with Crippen molar-refractivity contribution in [3.63, 3.8) is 0 Å². The first kappa shape index (κ1) is 17.7. The van der Waals surface area contributed by atoms with Crippen molar-refractivity contribution in [2.75, 3.05) is 7.11 Å². The molecule has 128 valence electrons. The molecule has 1 saturated heterocycles. The van der Waals surface area contributed by atoms with Gasteiger partial charge >= 0.3 is 0 Å². The van der Waals surface area contributed by atoms with Gasteiger partial charge in [0.15, 0.2) is 0 Å². The summed E-state index contributed by atoms with van der Waals surface area (Å²) in [5.41, 5.74) is 1.47. The monoisotopic (exact) mass is 421 g/mol. The normalized spacial score (nSPS) is 16.0. The molecule has 0 aromatic heterocycles. The van der Waals surface area contributed by atoms with Gasteiger partial charge in [-0.25, -0.2) is 4.39 Å². The van der Waals surface area contributed by atoms with E-state index in [0.29, 0.717) is 16.2 Å². The van der Waals surface area contributed by atoms with Crippen LogP contribution in [0.4, 0.5) is 9.18 Å². The molecule has 1 aliphatic rings. The third kappa shape index (κ3) is 3.93. The summed E-state index contributed by atoms with van der Waals surface area (Å²) in [6.45, 7) is 0.120. The molecule has 0 spiro atoms. The molecule has 2 amide bonds. The van der Waals surface area contributed by atoms with E-state index in [1.165, 1.54) is 12.1 Å². The highest BCUT2D eigenvalue weighted by atomic mass is 79.9. The van der Waals surface area contributed by atoms with Crippen molar-refractivity contribution >= 4 is 44.9 Å². The number of imide groups is 1. The van der Waals surface area contributed by atoms with Crippen molar-refractivity contribution in [1.29, 1.82) is 0 Å². The van der Waals surface area contributed by atoms with Crippen molar-refractivity contribution in [2.24, 2.45) is 0 Å². The zero-order valence-electron chi connectivity index (χ0n) is 13.2. The predicted octanol–water partition coefficient (Wildman–Crippen LogP) is 4.83. The first-order valence-electron chi connectivity index (χ1n) is 7.31. The van der Waals surface area contributed by atoms with Crippen LogP contribution in [0.1, 0.15) is 11.1 Å². The van der Waals surface area contributed by atoms with Crippen molar-refractivity contribution in [3.8, 4) is 5.75 Å². The Kier molecular flexibility index (Phi) is 5.24. The first-order valence-corrected chi connectivity index (χ1v) is 8.92. The zero-order valence-corrected chi connectivity index (χ0v) is 15.6. The van der Waals surface area contributed by atoms with Crippen molar-refractivity contribution in [1.82, 2.24) is 4.90 Å². The Bertz CT molecular complexity index is 867. The van der Waals surface area contributed by atoms with Gasteiger partial charge in [-0.2, -0.15) is 0 Å². The maximum absolute atomic E-state index is 13.0. The van der Waals surface area contributed by atoms with E-state index >= 15 is 0 Å². The first-order chi connectivity index (χ1) is 12.0. The van der Waals surface area contributed by atoms with Crippen LogP contribution in [0.15, 0.2) is 51.8 Å². The molecule has 0 saturated carbocycles. The molecule has 0 N–H and O–H groups in total. The number of hydrogen-bond acceptors (Lipinski definition) is 4. The quantitative estimate of drug-likeness (QED) is 0.663. The molecular weight excluding hydrogens is 409 g/mol. The number of hydrogen-bond donors (Lipinski definition) is 0. The summed E-state index contributed by atoms with van der Waals surface area (Å²) in [5, 5.41) is -0.340. The molecule has 2 aromatic rings. The number of ether oxygens (including phenoxy) is 1. The Morgan fingerprint density at radius 3 is 2.56 bits per heavy atom. The van der Waals surface area contributed by atoms with Gasteiger partial charge in [0.1, 0.15) is 11.6 Å². The number of carbonyl (C=O) groups is 2. The number of thioether (sulfide) groups is 1. The topological polar surface area (TPSA) is 46.6 Å². The number of nitrogens with zero attached hydrogens (tertiary/aromatic N) is 1. The Morgan fingerprint density at radius 1 is 1.20 bits per heavy atom. The minimum atomic E-state index is -0.358. The van der Waals surface area contributed by atoms with Crippen LogP contribution in [0.3, 0.4) is 0 Å². The van der Waals surface area contributed by atoms with E-state index in [1.807, 2.05) is 6.07 Å². The van der Waals surface area contributed by atoms with Crippen LogP contribution < -0.4 is 4.74 Å². The lowest BCUT2D eigenvalue weighted by Crippen LogP contribution is -2.27. The number of methoxy groups -OCH3 is 1. The number of benzene rings is 2. The second kappa shape index (κ2) is 7.41. The predicted molar refractivity (Wildman–Crippen MR) is 98.6 cm³/mol. The van der Waals surface area contributed by atoms with Gasteiger partial charge < -0.3 is 4.74 Å². The second-order valence-corrected chi connectivity index (χ2v) is 7.14. The molecule has 0 radical (unpaired) electrons. The molecular formula is C18H13BrFNO3S. The number of carbonyl (C=O) groups excluding carboxylic acids is 2. The fourth-order valence-corrected chi connectivity index (χ4v) is 3.73. The molecule has 0 unspecified atom stereocenters. The summed E-state index contributed by atoms with van der Waals surface area (Å²) >= 11 is 4.28. The lowest BCUT2D eigenvalue weighted by molar-refractivity contribution is -0.123. The number of amides is 2. The maximum atomic E-state index is 13.0. The highest BCUT2D eigenvalue weighted by Crippen LogP contribution is 2.34. The van der Waals surface area contributed by atoms with E-state index in [9.17, 15) is 14.0 Å². The average molecular weight is 422 g/mol. The third-order valence-electron chi connectivity index (χ3n) is 3.60. The second-order valence-electron chi connectivity index (χ2n) is 5.29. The van der Waals surface area contributed by atoms with Gasteiger partial charge in [0, 0.05) is 0 Å². The van der Waals surface area contributed by atoms with Crippen LogP contribution in [-0.4, -0.2) is 23.2 Å². The lowest BCUT2D eigenvalue weighted by Gasteiger charge is -2.12. The van der Waals surface area contributed by atoms with Gasteiger partial charge in [0.25, 0.3) is 11.1 Å². The van der Waals surface area contributed by atoms with Crippen LogP contribution in [0.2, 0.25) is 0 Å². The summed E-state index contributed by atoms with van der Waals surface area (Å²) in [4.78, 5) is 26.2. The molecule has 0 bridgehead atoms. The smallest absolute Gasteiger partial charge is 0.293 e. The largest absolute Gasteiger partial charge is 0.496 e. The van der Waals surface area contributed by atoms with Gasteiger partial charge in [-0.1, -0.05) is 18.2 Å². The molecule has 3 rings (SSSR count). The van der Waals surface area contributed by atoms with Gasteiger partial charge in [-0.05, 0) is 69.2 Å². The van der Waals surface area contributed by atoms with Gasteiger partial charge in [-0.15, -0.1) is 0 Å². The summed E-state index contributed by atoms with van der Waals surface area (Å²) in [5.74, 6) is -0.0318. The summed E-state index contributed by atoms with van der Waals surface area (Å²) in [6.07, 6.45) is 1.67. The van der Waals surface area contributed by atoms with Crippen LogP contribution in [0, 0.1) is 5.82 Å². The fourth-order valence-electron chi connectivity index (χ4n) is 2.33. The minimum absolute atomic E-state index is 0.120. The third-order valence-corrected chi connectivity index (χ3v) is 5.13. The summed E-state index contributed by atoms with van der Waals surface area (Å²) in [6, 6.07) is 11.1. The lowest BCUT2D eigenvalue weighted by atomic mass is 10.2. The van der Waals surface area contributed by atoms with Crippen LogP contribution >= 0.6 is 27.7 Å². The van der Waals surface area contributed by atoms with E-state index in [-0.39, 0.29) is 23.5 Å². The van der Waals surface area contributed by atoms with E-state index in [2.05, 4.69) is 15.9 Å². The molecule has 25 heavy (non-hydrogen) atoms. The average Bonchev–Trinajstić information content (AvgIpc) is 2.84. The molecule has 7 heteroatoms. The van der Waals surface area contributed by atoms with Gasteiger partial charge in [0.2, 0.25) is 0 Å². The zero-order chi connectivity index (χ0) is 18.0. The number of rotatable bonds is 4. The highest BCUT2D eigenvalue weighted by molar-refractivity contribution is 9.10. The Balaban J connectivity index is 1.80. The number of halogens is 2. The highest BCUT2D eigenvalue weighted by Gasteiger charge is 2.34. The van der Waals surface area contributed by atoms with E-state index in [0.717, 1.165) is 26.7 Å². The molecule has 1 fully saturated rings. The van der Waals surface area contributed by atoms with E-state index in [1.54, 1.807) is 37.5 Å². The summed E-state index contributed by atoms with van der Waals surface area (Å²) in [7, 11) is 1.57. The van der Waals surface area contributed by atoms with Crippen LogP contribution in [0.5, 0.6) is 5.75 Å². The minimum Gasteiger partial charge on any atom is -0.496 e. The van der Waals surface area contributed by atoms with Crippen molar-refractivity contribution in [3.05, 3.63) is 68.8 Å².